The van der Waals surface area contributed by atoms with Crippen LogP contribution >= 0.6 is 0 Å². The predicted molar refractivity (Wildman–Crippen MR) is 45.5 cm³/mol. The number of ether oxygens (including phenoxy) is 2. The molecule has 0 saturated heterocycles. The van der Waals surface area contributed by atoms with E-state index in [-0.39, 0.29) is 12.0 Å². The lowest BCUT2D eigenvalue weighted by molar-refractivity contribution is -0.178. The molecular weight excluding hydrogens is 168 g/mol. The molecule has 2 saturated carbocycles. The van der Waals surface area contributed by atoms with E-state index in [0.717, 1.165) is 31.6 Å². The molecule has 13 heavy (non-hydrogen) atoms. The molecule has 3 nitrogen and oxygen atoms in total. The fourth-order valence-corrected chi connectivity index (χ4v) is 2.86. The topological polar surface area (TPSA) is 38.7 Å². The van der Waals surface area contributed by atoms with Crippen LogP contribution in [0.25, 0.3) is 0 Å². The number of fused-ring (bicyclic) bond motifs is 1. The Morgan fingerprint density at radius 3 is 2.85 bits per heavy atom. The van der Waals surface area contributed by atoms with Crippen LogP contribution in [0, 0.1) is 11.3 Å². The molecule has 1 aliphatic heterocycles. The van der Waals surface area contributed by atoms with E-state index >= 15 is 0 Å². The molecule has 1 N–H and O–H groups in total. The molecule has 2 aliphatic carbocycles. The van der Waals surface area contributed by atoms with Crippen LogP contribution in [0.4, 0.5) is 0 Å². The van der Waals surface area contributed by atoms with E-state index in [1.807, 2.05) is 0 Å². The quantitative estimate of drug-likeness (QED) is 0.666. The molecule has 72 valence electrons. The van der Waals surface area contributed by atoms with Crippen molar-refractivity contribution in [3.8, 4) is 0 Å². The summed E-state index contributed by atoms with van der Waals surface area (Å²) in [7, 11) is 0. The third-order valence-electron chi connectivity index (χ3n) is 3.79. The Morgan fingerprint density at radius 2 is 2.15 bits per heavy atom. The summed E-state index contributed by atoms with van der Waals surface area (Å²) in [6.45, 7) is 0.284. The molecule has 3 heteroatoms. The van der Waals surface area contributed by atoms with Crippen molar-refractivity contribution in [2.75, 3.05) is 6.61 Å². The van der Waals surface area contributed by atoms with Gasteiger partial charge in [-0.05, 0) is 18.8 Å². The highest BCUT2D eigenvalue weighted by Gasteiger charge is 2.62. The second-order valence-electron chi connectivity index (χ2n) is 4.56. The van der Waals surface area contributed by atoms with Crippen LogP contribution in [0.2, 0.25) is 0 Å². The van der Waals surface area contributed by atoms with Gasteiger partial charge in [0.2, 0.25) is 5.79 Å². The first-order valence-electron chi connectivity index (χ1n) is 4.90. The predicted octanol–water partition coefficient (Wildman–Crippen LogP) is 1.38. The first kappa shape index (κ1) is 7.68. The maximum atomic E-state index is 9.30. The maximum Gasteiger partial charge on any atom is 0.250 e. The smallest absolute Gasteiger partial charge is 0.250 e. The zero-order valence-corrected chi connectivity index (χ0v) is 7.53. The van der Waals surface area contributed by atoms with Crippen LogP contribution in [0.15, 0.2) is 12.5 Å². The molecule has 0 aromatic rings. The standard InChI is InChI=1S/C10H14O3/c11-7-9-5-8(9)1-2-10(6-9)12-3-4-13-10/h3-4,8,11H,1-2,5-7H2. The van der Waals surface area contributed by atoms with Gasteiger partial charge in [-0.25, -0.2) is 0 Å². The molecule has 2 fully saturated rings. The van der Waals surface area contributed by atoms with Crippen LogP contribution < -0.4 is 0 Å². The SMILES string of the molecule is OCC12CC1CCC1(C2)OC=CO1. The molecule has 3 aliphatic rings. The van der Waals surface area contributed by atoms with Gasteiger partial charge in [0, 0.05) is 24.9 Å². The average Bonchev–Trinajstić information content (AvgIpc) is 2.70. The van der Waals surface area contributed by atoms with E-state index in [4.69, 9.17) is 9.47 Å². The molecule has 1 spiro atoms. The van der Waals surface area contributed by atoms with Crippen molar-refractivity contribution < 1.29 is 14.6 Å². The van der Waals surface area contributed by atoms with Crippen molar-refractivity contribution in [1.82, 2.24) is 0 Å². The monoisotopic (exact) mass is 182 g/mol. The third kappa shape index (κ3) is 0.937. The second kappa shape index (κ2) is 2.21. The van der Waals surface area contributed by atoms with Crippen molar-refractivity contribution in [2.24, 2.45) is 11.3 Å². The highest BCUT2D eigenvalue weighted by molar-refractivity contribution is 5.09. The molecule has 0 bridgehead atoms. The van der Waals surface area contributed by atoms with E-state index in [0.29, 0.717) is 0 Å². The fraction of sp³-hybridized carbons (Fsp3) is 0.800. The summed E-state index contributed by atoms with van der Waals surface area (Å²) >= 11 is 0. The summed E-state index contributed by atoms with van der Waals surface area (Å²) in [4.78, 5) is 0. The zero-order valence-electron chi connectivity index (χ0n) is 7.53. The summed E-state index contributed by atoms with van der Waals surface area (Å²) < 4.78 is 11.0. The summed E-state index contributed by atoms with van der Waals surface area (Å²) in [6, 6.07) is 0. The van der Waals surface area contributed by atoms with Crippen molar-refractivity contribution in [3.05, 3.63) is 12.5 Å². The molecule has 0 amide bonds. The molecule has 0 aromatic heterocycles. The Labute approximate surface area is 77.3 Å². The summed E-state index contributed by atoms with van der Waals surface area (Å²) in [5.74, 6) is 0.298. The maximum absolute atomic E-state index is 9.30. The van der Waals surface area contributed by atoms with E-state index in [1.54, 1.807) is 12.5 Å². The van der Waals surface area contributed by atoms with Gasteiger partial charge in [-0.15, -0.1) is 0 Å². The Balaban J connectivity index is 1.79. The number of aliphatic hydroxyl groups excluding tert-OH is 1. The van der Waals surface area contributed by atoms with Crippen molar-refractivity contribution >= 4 is 0 Å². The van der Waals surface area contributed by atoms with Crippen molar-refractivity contribution in [2.45, 2.75) is 31.5 Å². The number of rotatable bonds is 1. The number of aliphatic hydroxyl groups is 1. The van der Waals surface area contributed by atoms with Gasteiger partial charge in [-0.3, -0.25) is 0 Å². The molecule has 0 radical (unpaired) electrons. The highest BCUT2D eigenvalue weighted by Crippen LogP contribution is 2.64. The number of hydrogen-bond donors (Lipinski definition) is 1. The summed E-state index contributed by atoms with van der Waals surface area (Å²) in [5, 5.41) is 9.30. The number of hydrogen-bond acceptors (Lipinski definition) is 3. The Morgan fingerprint density at radius 1 is 1.38 bits per heavy atom. The largest absolute Gasteiger partial charge is 0.457 e. The lowest BCUT2D eigenvalue weighted by Gasteiger charge is -2.35. The molecule has 1 heterocycles. The second-order valence-corrected chi connectivity index (χ2v) is 4.56. The van der Waals surface area contributed by atoms with E-state index < -0.39 is 5.79 Å². The Hall–Kier alpha value is -0.700. The van der Waals surface area contributed by atoms with Gasteiger partial charge in [0.05, 0.1) is 0 Å². The lowest BCUT2D eigenvalue weighted by Crippen LogP contribution is -2.38. The average molecular weight is 182 g/mol. The minimum atomic E-state index is -0.421. The molecular formula is C10H14O3. The first-order chi connectivity index (χ1) is 6.29. The van der Waals surface area contributed by atoms with Crippen LogP contribution in [0.1, 0.15) is 25.7 Å². The molecule has 2 atom stereocenters. The molecule has 0 aromatic carbocycles. The van der Waals surface area contributed by atoms with Crippen LogP contribution in [0.3, 0.4) is 0 Å². The van der Waals surface area contributed by atoms with Gasteiger partial charge in [-0.2, -0.15) is 0 Å². The van der Waals surface area contributed by atoms with Gasteiger partial charge in [-0.1, -0.05) is 0 Å². The van der Waals surface area contributed by atoms with Gasteiger partial charge >= 0.3 is 0 Å². The van der Waals surface area contributed by atoms with Crippen molar-refractivity contribution in [1.29, 1.82) is 0 Å². The Kier molecular flexibility index (Phi) is 1.30. The summed E-state index contributed by atoms with van der Waals surface area (Å²) in [6.07, 6.45) is 7.34. The van der Waals surface area contributed by atoms with Gasteiger partial charge in [0.15, 0.2) is 0 Å². The first-order valence-corrected chi connectivity index (χ1v) is 4.90. The van der Waals surface area contributed by atoms with Crippen molar-refractivity contribution in [3.63, 3.8) is 0 Å². The van der Waals surface area contributed by atoms with Crippen LogP contribution in [-0.2, 0) is 9.47 Å². The fourth-order valence-electron chi connectivity index (χ4n) is 2.86. The van der Waals surface area contributed by atoms with E-state index in [9.17, 15) is 5.11 Å². The normalized spacial score (nSPS) is 43.9. The van der Waals surface area contributed by atoms with Gasteiger partial charge in [0.1, 0.15) is 12.5 Å². The minimum Gasteiger partial charge on any atom is -0.457 e. The highest BCUT2D eigenvalue weighted by atomic mass is 16.7. The van der Waals surface area contributed by atoms with E-state index in [2.05, 4.69) is 0 Å². The molecule has 3 rings (SSSR count). The zero-order chi connectivity index (χ0) is 8.94. The Bertz CT molecular complexity index is 253. The van der Waals surface area contributed by atoms with E-state index in [1.165, 1.54) is 0 Å². The molecule has 2 unspecified atom stereocenters. The third-order valence-corrected chi connectivity index (χ3v) is 3.79. The van der Waals surface area contributed by atoms with Gasteiger partial charge < -0.3 is 14.6 Å². The summed E-state index contributed by atoms with van der Waals surface area (Å²) in [5.41, 5.74) is 0.129. The van der Waals surface area contributed by atoms with Crippen LogP contribution in [0.5, 0.6) is 0 Å². The van der Waals surface area contributed by atoms with Gasteiger partial charge in [0.25, 0.3) is 0 Å². The van der Waals surface area contributed by atoms with Crippen LogP contribution in [-0.4, -0.2) is 17.5 Å². The minimum absolute atomic E-state index is 0.129. The lowest BCUT2D eigenvalue weighted by atomic mass is 9.84.